The molecule has 3 aromatic rings. The first-order valence-electron chi connectivity index (χ1n) is 8.85. The van der Waals surface area contributed by atoms with Gasteiger partial charge in [-0.3, -0.25) is 4.79 Å². The Hall–Kier alpha value is -2.60. The number of thioether (sulfide) groups is 1. The van der Waals surface area contributed by atoms with Crippen molar-refractivity contribution < 1.29 is 9.53 Å². The van der Waals surface area contributed by atoms with Crippen molar-refractivity contribution in [2.75, 3.05) is 12.9 Å². The molecule has 0 atom stereocenters. The first-order chi connectivity index (χ1) is 13.0. The van der Waals surface area contributed by atoms with Crippen molar-refractivity contribution in [3.63, 3.8) is 0 Å². The van der Waals surface area contributed by atoms with Crippen LogP contribution in [-0.4, -0.2) is 33.4 Å². The molecule has 2 aromatic carbocycles. The monoisotopic (exact) mass is 381 g/mol. The Morgan fingerprint density at radius 3 is 2.67 bits per heavy atom. The quantitative estimate of drug-likeness (QED) is 0.443. The second-order valence-electron chi connectivity index (χ2n) is 6.28. The lowest BCUT2D eigenvalue weighted by molar-refractivity contribution is 0.102. The SMILES string of the molecule is CCn1c(SCC(=O)c2cc(C)ccc2C)nnc1-c1ccccc1OC. The Morgan fingerprint density at radius 2 is 1.93 bits per heavy atom. The molecule has 0 aliphatic carbocycles. The van der Waals surface area contributed by atoms with E-state index in [1.807, 2.05) is 67.8 Å². The zero-order valence-electron chi connectivity index (χ0n) is 16.0. The van der Waals surface area contributed by atoms with Gasteiger partial charge in [0.2, 0.25) is 0 Å². The van der Waals surface area contributed by atoms with E-state index in [1.54, 1.807) is 7.11 Å². The molecule has 140 valence electrons. The molecule has 0 unspecified atom stereocenters. The van der Waals surface area contributed by atoms with E-state index in [1.165, 1.54) is 11.8 Å². The van der Waals surface area contributed by atoms with Crippen LogP contribution in [0.3, 0.4) is 0 Å². The highest BCUT2D eigenvalue weighted by Crippen LogP contribution is 2.31. The number of carbonyl (C=O) groups excluding carboxylic acids is 1. The van der Waals surface area contributed by atoms with Gasteiger partial charge in [0.25, 0.3) is 0 Å². The van der Waals surface area contributed by atoms with Crippen LogP contribution in [0.1, 0.15) is 28.4 Å². The average Bonchev–Trinajstić information content (AvgIpc) is 3.10. The fourth-order valence-corrected chi connectivity index (χ4v) is 3.84. The Kier molecular flexibility index (Phi) is 5.96. The van der Waals surface area contributed by atoms with E-state index in [4.69, 9.17) is 4.74 Å². The maximum atomic E-state index is 12.7. The number of methoxy groups -OCH3 is 1. The standard InChI is InChI=1S/C21H23N3O2S/c1-5-24-20(16-8-6-7-9-19(16)26-4)22-23-21(24)27-13-18(25)17-12-14(2)10-11-15(17)3/h6-12H,5,13H2,1-4H3. The third-order valence-corrected chi connectivity index (χ3v) is 5.37. The topological polar surface area (TPSA) is 57.0 Å². The molecule has 1 aromatic heterocycles. The number of aromatic nitrogens is 3. The van der Waals surface area contributed by atoms with Crippen LogP contribution in [-0.2, 0) is 6.54 Å². The second-order valence-corrected chi connectivity index (χ2v) is 7.22. The summed E-state index contributed by atoms with van der Waals surface area (Å²) in [6, 6.07) is 13.7. The van der Waals surface area contributed by atoms with Crippen molar-refractivity contribution in [3.05, 3.63) is 59.2 Å². The average molecular weight is 382 g/mol. The van der Waals surface area contributed by atoms with Crippen LogP contribution in [0, 0.1) is 13.8 Å². The molecule has 1 heterocycles. The zero-order chi connectivity index (χ0) is 19.4. The van der Waals surface area contributed by atoms with Gasteiger partial charge in [0.1, 0.15) is 5.75 Å². The normalized spacial score (nSPS) is 10.8. The Bertz CT molecular complexity index is 966. The Balaban J connectivity index is 1.83. The third kappa shape index (κ3) is 4.06. The van der Waals surface area contributed by atoms with E-state index >= 15 is 0 Å². The molecule has 27 heavy (non-hydrogen) atoms. The minimum absolute atomic E-state index is 0.102. The summed E-state index contributed by atoms with van der Waals surface area (Å²) in [5.41, 5.74) is 3.75. The minimum Gasteiger partial charge on any atom is -0.496 e. The number of rotatable bonds is 7. The molecule has 0 fully saturated rings. The van der Waals surface area contributed by atoms with Crippen LogP contribution >= 0.6 is 11.8 Å². The molecule has 0 radical (unpaired) electrons. The highest BCUT2D eigenvalue weighted by atomic mass is 32.2. The molecule has 0 N–H and O–H groups in total. The third-order valence-electron chi connectivity index (χ3n) is 4.41. The van der Waals surface area contributed by atoms with Gasteiger partial charge in [-0.1, -0.05) is 41.6 Å². The summed E-state index contributed by atoms with van der Waals surface area (Å²) in [7, 11) is 1.64. The van der Waals surface area contributed by atoms with E-state index in [0.29, 0.717) is 12.3 Å². The van der Waals surface area contributed by atoms with Crippen LogP contribution < -0.4 is 4.74 Å². The molecule has 0 saturated carbocycles. The van der Waals surface area contributed by atoms with Crippen LogP contribution in [0.4, 0.5) is 0 Å². The summed E-state index contributed by atoms with van der Waals surface area (Å²) < 4.78 is 7.46. The van der Waals surface area contributed by atoms with E-state index < -0.39 is 0 Å². The van der Waals surface area contributed by atoms with Crippen LogP contribution in [0.15, 0.2) is 47.6 Å². The van der Waals surface area contributed by atoms with Crippen LogP contribution in [0.5, 0.6) is 5.75 Å². The van der Waals surface area contributed by atoms with Gasteiger partial charge in [-0.05, 0) is 44.5 Å². The van der Waals surface area contributed by atoms with Crippen molar-refractivity contribution in [1.82, 2.24) is 14.8 Å². The predicted octanol–water partition coefficient (Wildman–Crippen LogP) is 4.57. The highest BCUT2D eigenvalue weighted by Gasteiger charge is 2.18. The number of nitrogens with zero attached hydrogens (tertiary/aromatic N) is 3. The number of benzene rings is 2. The van der Waals surface area contributed by atoms with E-state index in [0.717, 1.165) is 39.0 Å². The molecule has 5 nitrogen and oxygen atoms in total. The molecule has 0 aliphatic rings. The van der Waals surface area contributed by atoms with Gasteiger partial charge in [-0.15, -0.1) is 10.2 Å². The largest absolute Gasteiger partial charge is 0.496 e. The smallest absolute Gasteiger partial charge is 0.191 e. The van der Waals surface area contributed by atoms with Gasteiger partial charge < -0.3 is 9.30 Å². The molecule has 0 amide bonds. The number of aryl methyl sites for hydroxylation is 2. The van der Waals surface area contributed by atoms with E-state index in [-0.39, 0.29) is 5.78 Å². The lowest BCUT2D eigenvalue weighted by Crippen LogP contribution is -2.07. The molecule has 0 saturated heterocycles. The van der Waals surface area contributed by atoms with E-state index in [9.17, 15) is 4.79 Å². The molecule has 3 rings (SSSR count). The van der Waals surface area contributed by atoms with Crippen molar-refractivity contribution in [2.24, 2.45) is 0 Å². The van der Waals surface area contributed by atoms with Gasteiger partial charge in [0, 0.05) is 12.1 Å². The minimum atomic E-state index is 0.102. The van der Waals surface area contributed by atoms with Crippen LogP contribution in [0.25, 0.3) is 11.4 Å². The van der Waals surface area contributed by atoms with Crippen LogP contribution in [0.2, 0.25) is 0 Å². The van der Waals surface area contributed by atoms with Gasteiger partial charge in [0.15, 0.2) is 16.8 Å². The molecule has 0 spiro atoms. The van der Waals surface area contributed by atoms with Crippen molar-refractivity contribution in [1.29, 1.82) is 0 Å². The number of Topliss-reactive ketones (excluding diaryl/α,β-unsaturated/α-hetero) is 1. The fraction of sp³-hybridized carbons (Fsp3) is 0.286. The Morgan fingerprint density at radius 1 is 1.15 bits per heavy atom. The summed E-state index contributed by atoms with van der Waals surface area (Å²) in [6.45, 7) is 6.71. The molecule has 6 heteroatoms. The lowest BCUT2D eigenvalue weighted by atomic mass is 10.0. The van der Waals surface area contributed by atoms with Gasteiger partial charge in [-0.25, -0.2) is 0 Å². The van der Waals surface area contributed by atoms with Crippen molar-refractivity contribution in [2.45, 2.75) is 32.5 Å². The van der Waals surface area contributed by atoms with Gasteiger partial charge in [0.05, 0.1) is 18.4 Å². The van der Waals surface area contributed by atoms with Gasteiger partial charge in [-0.2, -0.15) is 0 Å². The number of para-hydroxylation sites is 1. The summed E-state index contributed by atoms with van der Waals surface area (Å²) in [5.74, 6) is 1.93. The highest BCUT2D eigenvalue weighted by molar-refractivity contribution is 7.99. The molecular weight excluding hydrogens is 358 g/mol. The number of hydrogen-bond acceptors (Lipinski definition) is 5. The number of carbonyl (C=O) groups is 1. The zero-order valence-corrected chi connectivity index (χ0v) is 16.8. The molecule has 0 aliphatic heterocycles. The summed E-state index contributed by atoms with van der Waals surface area (Å²) in [5, 5.41) is 9.39. The predicted molar refractivity (Wildman–Crippen MR) is 109 cm³/mol. The Labute approximate surface area is 163 Å². The first-order valence-corrected chi connectivity index (χ1v) is 9.83. The first kappa shape index (κ1) is 19.2. The lowest BCUT2D eigenvalue weighted by Gasteiger charge is -2.10. The summed E-state index contributed by atoms with van der Waals surface area (Å²) in [6.07, 6.45) is 0. The maximum Gasteiger partial charge on any atom is 0.191 e. The van der Waals surface area contributed by atoms with Crippen molar-refractivity contribution >= 4 is 17.5 Å². The van der Waals surface area contributed by atoms with E-state index in [2.05, 4.69) is 10.2 Å². The maximum absolute atomic E-state index is 12.7. The second kappa shape index (κ2) is 8.39. The fourth-order valence-electron chi connectivity index (χ4n) is 2.95. The number of ether oxygens (including phenoxy) is 1. The summed E-state index contributed by atoms with van der Waals surface area (Å²) >= 11 is 1.42. The number of hydrogen-bond donors (Lipinski definition) is 0. The molecular formula is C21H23N3O2S. The van der Waals surface area contributed by atoms with Crippen molar-refractivity contribution in [3.8, 4) is 17.1 Å². The van der Waals surface area contributed by atoms with Gasteiger partial charge >= 0.3 is 0 Å². The number of ketones is 1. The molecule has 0 bridgehead atoms. The summed E-state index contributed by atoms with van der Waals surface area (Å²) in [4.78, 5) is 12.7.